The Balaban J connectivity index is 1.97. The van der Waals surface area contributed by atoms with Gasteiger partial charge in [-0.25, -0.2) is 9.97 Å². The third-order valence-electron chi connectivity index (χ3n) is 4.47. The fraction of sp³-hybridized carbons (Fsp3) is 0.222. The zero-order chi connectivity index (χ0) is 19.3. The standard InChI is InChI=1S/C18H16Cl2N4O2S/c1-8(24(2)25-3)13-6-10-15(22-18(21)23-17(10)27-13)14-9-4-5-26-16(9)12(20)7-11(14)19/h6-7H,1,4-5H2,2-3H3,(H2,21,22,23). The topological polar surface area (TPSA) is 73.5 Å². The van der Waals surface area contributed by atoms with Gasteiger partial charge in [-0.05, 0) is 12.1 Å². The summed E-state index contributed by atoms with van der Waals surface area (Å²) >= 11 is 14.3. The summed E-state index contributed by atoms with van der Waals surface area (Å²) in [5.41, 5.74) is 9.08. The normalized spacial score (nSPS) is 12.9. The van der Waals surface area contributed by atoms with E-state index in [0.717, 1.165) is 26.2 Å². The first-order valence-electron chi connectivity index (χ1n) is 8.09. The molecule has 0 spiro atoms. The minimum absolute atomic E-state index is 0.176. The molecule has 0 amide bonds. The molecule has 1 aliphatic rings. The van der Waals surface area contributed by atoms with Gasteiger partial charge in [-0.15, -0.1) is 11.3 Å². The quantitative estimate of drug-likeness (QED) is 0.616. The minimum Gasteiger partial charge on any atom is -0.491 e. The summed E-state index contributed by atoms with van der Waals surface area (Å²) in [7, 11) is 3.37. The van der Waals surface area contributed by atoms with E-state index in [-0.39, 0.29) is 5.95 Å². The summed E-state index contributed by atoms with van der Waals surface area (Å²) in [4.78, 5) is 15.7. The predicted octanol–water partition coefficient (Wildman–Crippen LogP) is 4.65. The van der Waals surface area contributed by atoms with E-state index in [9.17, 15) is 0 Å². The van der Waals surface area contributed by atoms with E-state index >= 15 is 0 Å². The number of anilines is 1. The number of hydroxylamine groups is 2. The maximum Gasteiger partial charge on any atom is 0.221 e. The SMILES string of the molecule is C=C(c1cc2c(-c3c(Cl)cc(Cl)c4c3CCO4)nc(N)nc2s1)N(C)OC. The van der Waals surface area contributed by atoms with Crippen molar-refractivity contribution in [2.75, 3.05) is 26.5 Å². The van der Waals surface area contributed by atoms with Gasteiger partial charge in [0, 0.05) is 30.0 Å². The van der Waals surface area contributed by atoms with E-state index in [4.69, 9.17) is 38.5 Å². The Morgan fingerprint density at radius 3 is 2.85 bits per heavy atom. The van der Waals surface area contributed by atoms with Crippen LogP contribution >= 0.6 is 34.5 Å². The van der Waals surface area contributed by atoms with Gasteiger partial charge in [0.25, 0.3) is 0 Å². The van der Waals surface area contributed by atoms with Crippen LogP contribution in [0.1, 0.15) is 10.4 Å². The van der Waals surface area contributed by atoms with Gasteiger partial charge in [0.2, 0.25) is 5.95 Å². The van der Waals surface area contributed by atoms with Crippen LogP contribution in [0.25, 0.3) is 27.2 Å². The highest BCUT2D eigenvalue weighted by atomic mass is 35.5. The molecule has 0 fully saturated rings. The molecule has 2 aromatic heterocycles. The minimum atomic E-state index is 0.176. The average Bonchev–Trinajstić information content (AvgIpc) is 3.27. The van der Waals surface area contributed by atoms with E-state index in [1.54, 1.807) is 25.3 Å². The Hall–Kier alpha value is -2.06. The van der Waals surface area contributed by atoms with E-state index < -0.39 is 0 Å². The van der Waals surface area contributed by atoms with Crippen LogP contribution in [0.3, 0.4) is 0 Å². The van der Waals surface area contributed by atoms with Crippen molar-refractivity contribution in [3.63, 3.8) is 0 Å². The van der Waals surface area contributed by atoms with Crippen molar-refractivity contribution in [1.29, 1.82) is 0 Å². The molecule has 3 heterocycles. The van der Waals surface area contributed by atoms with Crippen molar-refractivity contribution >= 4 is 56.4 Å². The van der Waals surface area contributed by atoms with Crippen molar-refractivity contribution < 1.29 is 9.57 Å². The first-order valence-corrected chi connectivity index (χ1v) is 9.66. The van der Waals surface area contributed by atoms with Gasteiger partial charge < -0.3 is 10.5 Å². The monoisotopic (exact) mass is 422 g/mol. The van der Waals surface area contributed by atoms with Crippen LogP contribution in [0.2, 0.25) is 10.0 Å². The summed E-state index contributed by atoms with van der Waals surface area (Å²) in [5.74, 6) is 0.829. The van der Waals surface area contributed by atoms with E-state index in [2.05, 4.69) is 16.5 Å². The van der Waals surface area contributed by atoms with Gasteiger partial charge in [0.1, 0.15) is 10.6 Å². The largest absolute Gasteiger partial charge is 0.491 e. The van der Waals surface area contributed by atoms with Gasteiger partial charge in [0.05, 0.1) is 40.0 Å². The fourth-order valence-corrected chi connectivity index (χ4v) is 4.78. The molecule has 27 heavy (non-hydrogen) atoms. The second-order valence-corrected chi connectivity index (χ2v) is 7.85. The van der Waals surface area contributed by atoms with Crippen molar-refractivity contribution in [3.05, 3.63) is 39.2 Å². The lowest BCUT2D eigenvalue weighted by molar-refractivity contribution is -0.0521. The van der Waals surface area contributed by atoms with Crippen LogP contribution in [0.5, 0.6) is 5.75 Å². The number of hydrogen-bond donors (Lipinski definition) is 1. The van der Waals surface area contributed by atoms with Crippen molar-refractivity contribution in [3.8, 4) is 17.0 Å². The van der Waals surface area contributed by atoms with Gasteiger partial charge >= 0.3 is 0 Å². The summed E-state index contributed by atoms with van der Waals surface area (Å²) in [6.45, 7) is 4.62. The lowest BCUT2D eigenvalue weighted by Gasteiger charge is -2.16. The number of benzene rings is 1. The zero-order valence-corrected chi connectivity index (χ0v) is 17.0. The first-order chi connectivity index (χ1) is 12.9. The maximum absolute atomic E-state index is 6.56. The smallest absolute Gasteiger partial charge is 0.221 e. The molecular formula is C18H16Cl2N4O2S. The Morgan fingerprint density at radius 1 is 1.33 bits per heavy atom. The fourth-order valence-electron chi connectivity index (χ4n) is 3.09. The number of rotatable bonds is 4. The second kappa shape index (κ2) is 6.83. The van der Waals surface area contributed by atoms with E-state index in [1.165, 1.54) is 11.3 Å². The van der Waals surface area contributed by atoms with Crippen molar-refractivity contribution in [1.82, 2.24) is 15.0 Å². The molecule has 0 saturated heterocycles. The molecule has 0 unspecified atom stereocenters. The van der Waals surface area contributed by atoms with Crippen molar-refractivity contribution in [2.24, 2.45) is 0 Å². The van der Waals surface area contributed by atoms with E-state index in [1.807, 2.05) is 6.07 Å². The Bertz CT molecular complexity index is 1080. The number of thiophene rings is 1. The van der Waals surface area contributed by atoms with Gasteiger partial charge in [0.15, 0.2) is 0 Å². The third kappa shape index (κ3) is 3.00. The molecule has 6 nitrogen and oxygen atoms in total. The molecule has 0 radical (unpaired) electrons. The van der Waals surface area contributed by atoms with Crippen LogP contribution in [-0.2, 0) is 11.3 Å². The zero-order valence-electron chi connectivity index (χ0n) is 14.7. The molecule has 2 N–H and O–H groups in total. The highest BCUT2D eigenvalue weighted by Gasteiger charge is 2.26. The highest BCUT2D eigenvalue weighted by molar-refractivity contribution is 7.19. The second-order valence-electron chi connectivity index (χ2n) is 6.01. The Morgan fingerprint density at radius 2 is 2.11 bits per heavy atom. The molecule has 0 atom stereocenters. The summed E-state index contributed by atoms with van der Waals surface area (Å²) in [6.07, 6.45) is 0.701. The predicted molar refractivity (Wildman–Crippen MR) is 110 cm³/mol. The molecular weight excluding hydrogens is 407 g/mol. The van der Waals surface area contributed by atoms with Crippen LogP contribution in [-0.4, -0.2) is 35.8 Å². The number of nitrogens with zero attached hydrogens (tertiary/aromatic N) is 3. The van der Waals surface area contributed by atoms with Gasteiger partial charge in [-0.2, -0.15) is 0 Å². The molecule has 0 aliphatic carbocycles. The Kier molecular flexibility index (Phi) is 4.63. The molecule has 140 valence electrons. The maximum atomic E-state index is 6.56. The lowest BCUT2D eigenvalue weighted by atomic mass is 10.00. The molecule has 9 heteroatoms. The van der Waals surface area contributed by atoms with Crippen LogP contribution in [0.15, 0.2) is 18.7 Å². The number of hydrogen-bond acceptors (Lipinski definition) is 7. The molecule has 4 rings (SSSR count). The van der Waals surface area contributed by atoms with Gasteiger partial charge in [-0.3, -0.25) is 9.90 Å². The number of aromatic nitrogens is 2. The molecule has 1 aromatic carbocycles. The number of ether oxygens (including phenoxy) is 1. The van der Waals surface area contributed by atoms with Crippen LogP contribution in [0, 0.1) is 0 Å². The molecule has 1 aliphatic heterocycles. The molecule has 0 bridgehead atoms. The van der Waals surface area contributed by atoms with E-state index in [0.29, 0.717) is 40.2 Å². The number of halogens is 2. The summed E-state index contributed by atoms with van der Waals surface area (Å²) < 4.78 is 5.68. The molecule has 3 aromatic rings. The Labute approximate surface area is 170 Å². The summed E-state index contributed by atoms with van der Waals surface area (Å²) in [5, 5.41) is 3.43. The number of nitrogen functional groups attached to an aromatic ring is 1. The lowest BCUT2D eigenvalue weighted by Crippen LogP contribution is -2.12. The number of nitrogens with two attached hydrogens (primary N) is 1. The number of fused-ring (bicyclic) bond motifs is 2. The van der Waals surface area contributed by atoms with Crippen LogP contribution < -0.4 is 10.5 Å². The summed E-state index contributed by atoms with van der Waals surface area (Å²) in [6, 6.07) is 3.65. The highest BCUT2D eigenvalue weighted by Crippen LogP contribution is 2.46. The molecule has 0 saturated carbocycles. The average molecular weight is 423 g/mol. The third-order valence-corrected chi connectivity index (χ3v) is 6.13. The van der Waals surface area contributed by atoms with Crippen molar-refractivity contribution in [2.45, 2.75) is 6.42 Å². The first kappa shape index (κ1) is 18.3. The van der Waals surface area contributed by atoms with Crippen LogP contribution in [0.4, 0.5) is 5.95 Å². The van der Waals surface area contributed by atoms with Gasteiger partial charge in [-0.1, -0.05) is 29.8 Å².